The van der Waals surface area contributed by atoms with Crippen LogP contribution in [0.4, 0.5) is 8.78 Å². The summed E-state index contributed by atoms with van der Waals surface area (Å²) in [6.07, 6.45) is 3.45. The Morgan fingerprint density at radius 1 is 1.18 bits per heavy atom. The maximum Gasteiger partial charge on any atom is 0.156 e. The van der Waals surface area contributed by atoms with E-state index in [9.17, 15) is 8.78 Å². The fourth-order valence-corrected chi connectivity index (χ4v) is 2.16. The number of aromatic nitrogens is 2. The summed E-state index contributed by atoms with van der Waals surface area (Å²) in [5.41, 5.74) is -0.0334. The minimum atomic E-state index is -1.73. The summed E-state index contributed by atoms with van der Waals surface area (Å²) in [4.78, 5) is 7.45. The van der Waals surface area contributed by atoms with E-state index in [0.29, 0.717) is 0 Å². The predicted octanol–water partition coefficient (Wildman–Crippen LogP) is 3.81. The Labute approximate surface area is 124 Å². The minimum absolute atomic E-state index is 0.0514. The van der Waals surface area contributed by atoms with Crippen molar-refractivity contribution in [2.24, 2.45) is 0 Å². The summed E-state index contributed by atoms with van der Waals surface area (Å²) in [6, 6.07) is 7.58. The van der Waals surface area contributed by atoms with Gasteiger partial charge in [-0.25, -0.2) is 18.7 Å². The molecule has 1 atom stereocenters. The van der Waals surface area contributed by atoms with Gasteiger partial charge in [-0.1, -0.05) is 6.07 Å². The van der Waals surface area contributed by atoms with Crippen LogP contribution in [0.2, 0.25) is 0 Å². The van der Waals surface area contributed by atoms with Gasteiger partial charge < -0.3 is 4.42 Å². The number of halogens is 2. The molecule has 0 aliphatic heterocycles. The van der Waals surface area contributed by atoms with Crippen LogP contribution in [-0.2, 0) is 0 Å². The smallest absolute Gasteiger partial charge is 0.156 e. The minimum Gasteiger partial charge on any atom is -0.464 e. The molecule has 0 radical (unpaired) electrons. The summed E-state index contributed by atoms with van der Waals surface area (Å²) >= 11 is 0. The second-order valence-electron chi connectivity index (χ2n) is 4.51. The summed E-state index contributed by atoms with van der Waals surface area (Å²) < 4.78 is 34.4. The Balaban J connectivity index is 2.15. The summed E-state index contributed by atoms with van der Waals surface area (Å²) in [5, 5.41) is 9.12. The molecule has 0 spiro atoms. The van der Waals surface area contributed by atoms with Gasteiger partial charge in [-0.15, -0.1) is 0 Å². The van der Waals surface area contributed by atoms with Crippen LogP contribution >= 0.6 is 0 Å². The van der Waals surface area contributed by atoms with E-state index in [1.807, 2.05) is 6.07 Å². The zero-order valence-electron chi connectivity index (χ0n) is 11.2. The first-order valence-corrected chi connectivity index (χ1v) is 6.37. The van der Waals surface area contributed by atoms with E-state index < -0.39 is 12.0 Å². The first-order valence-electron chi connectivity index (χ1n) is 6.37. The molecule has 0 saturated heterocycles. The number of nitrogens with zero attached hydrogens (tertiary/aromatic N) is 3. The Bertz CT molecular complexity index is 827. The average Bonchev–Trinajstić information content (AvgIpc) is 3.08. The van der Waals surface area contributed by atoms with Crippen LogP contribution in [0.5, 0.6) is 0 Å². The van der Waals surface area contributed by atoms with Crippen molar-refractivity contribution in [1.82, 2.24) is 9.97 Å². The number of benzene rings is 1. The molecule has 6 heteroatoms. The molecule has 0 aliphatic rings. The van der Waals surface area contributed by atoms with E-state index >= 15 is 0 Å². The molecular formula is C16H9F2N3O. The van der Waals surface area contributed by atoms with E-state index in [-0.39, 0.29) is 28.0 Å². The summed E-state index contributed by atoms with van der Waals surface area (Å²) in [5.74, 6) is -0.655. The lowest BCUT2D eigenvalue weighted by Gasteiger charge is -2.12. The predicted molar refractivity (Wildman–Crippen MR) is 73.8 cm³/mol. The molecule has 108 valence electrons. The second-order valence-corrected chi connectivity index (χ2v) is 4.51. The van der Waals surface area contributed by atoms with E-state index in [1.165, 1.54) is 43.2 Å². The lowest BCUT2D eigenvalue weighted by Crippen LogP contribution is -2.02. The van der Waals surface area contributed by atoms with Gasteiger partial charge in [-0.2, -0.15) is 5.26 Å². The Morgan fingerprint density at radius 3 is 2.59 bits per heavy atom. The van der Waals surface area contributed by atoms with Crippen molar-refractivity contribution in [3.05, 3.63) is 71.8 Å². The number of nitriles is 1. The Morgan fingerprint density at radius 2 is 1.95 bits per heavy atom. The van der Waals surface area contributed by atoms with Crippen molar-refractivity contribution in [1.29, 1.82) is 5.26 Å². The molecule has 0 amide bonds. The molecule has 2 aromatic heterocycles. The van der Waals surface area contributed by atoms with Gasteiger partial charge >= 0.3 is 0 Å². The standard InChI is InChI=1S/C16H9F2N3O/c17-15(11-7-20-9-21-8-11)12-4-3-10(6-19)14(16(12)18)13-2-1-5-22-13/h1-5,7-9,15H. The molecule has 2 heterocycles. The lowest BCUT2D eigenvalue weighted by molar-refractivity contribution is 0.386. The van der Waals surface area contributed by atoms with Gasteiger partial charge in [0.2, 0.25) is 0 Å². The van der Waals surface area contributed by atoms with Crippen LogP contribution in [0.1, 0.15) is 22.9 Å². The number of rotatable bonds is 3. The van der Waals surface area contributed by atoms with Gasteiger partial charge in [0.05, 0.1) is 23.5 Å². The largest absolute Gasteiger partial charge is 0.464 e. The molecule has 3 rings (SSSR count). The molecule has 0 bridgehead atoms. The van der Waals surface area contributed by atoms with Gasteiger partial charge in [0.1, 0.15) is 17.9 Å². The maximum absolute atomic E-state index is 14.7. The molecule has 0 fully saturated rings. The topological polar surface area (TPSA) is 62.7 Å². The van der Waals surface area contributed by atoms with Crippen LogP contribution in [0, 0.1) is 17.1 Å². The van der Waals surface area contributed by atoms with E-state index in [4.69, 9.17) is 9.68 Å². The molecule has 22 heavy (non-hydrogen) atoms. The third kappa shape index (κ3) is 2.33. The van der Waals surface area contributed by atoms with Crippen molar-refractivity contribution in [2.45, 2.75) is 6.17 Å². The second kappa shape index (κ2) is 5.74. The van der Waals surface area contributed by atoms with E-state index in [1.54, 1.807) is 6.07 Å². The van der Waals surface area contributed by atoms with Crippen molar-refractivity contribution in [3.63, 3.8) is 0 Å². The third-order valence-corrected chi connectivity index (χ3v) is 3.21. The molecule has 1 aromatic carbocycles. The fraction of sp³-hybridized carbons (Fsp3) is 0.0625. The average molecular weight is 297 g/mol. The van der Waals surface area contributed by atoms with Crippen LogP contribution in [-0.4, -0.2) is 9.97 Å². The van der Waals surface area contributed by atoms with E-state index in [2.05, 4.69) is 9.97 Å². The van der Waals surface area contributed by atoms with Crippen molar-refractivity contribution >= 4 is 0 Å². The Kier molecular flexibility index (Phi) is 3.62. The summed E-state index contributed by atoms with van der Waals surface area (Å²) in [6.45, 7) is 0. The lowest BCUT2D eigenvalue weighted by atomic mass is 9.97. The fourth-order valence-electron chi connectivity index (χ4n) is 2.16. The van der Waals surface area contributed by atoms with Gasteiger partial charge in [-0.3, -0.25) is 0 Å². The highest BCUT2D eigenvalue weighted by Gasteiger charge is 2.23. The van der Waals surface area contributed by atoms with Gasteiger partial charge in [0.15, 0.2) is 6.17 Å². The number of alkyl halides is 1. The normalized spacial score (nSPS) is 11.9. The van der Waals surface area contributed by atoms with Crippen molar-refractivity contribution < 1.29 is 13.2 Å². The molecule has 1 unspecified atom stereocenters. The van der Waals surface area contributed by atoms with Gasteiger partial charge in [-0.05, 0) is 18.2 Å². The first kappa shape index (κ1) is 13.9. The quantitative estimate of drug-likeness (QED) is 0.737. The molecule has 0 aliphatic carbocycles. The van der Waals surface area contributed by atoms with Crippen LogP contribution in [0.25, 0.3) is 11.3 Å². The first-order chi connectivity index (χ1) is 10.7. The highest BCUT2D eigenvalue weighted by Crippen LogP contribution is 2.35. The van der Waals surface area contributed by atoms with E-state index in [0.717, 1.165) is 0 Å². The van der Waals surface area contributed by atoms with Crippen LogP contribution in [0.15, 0.2) is 53.7 Å². The molecule has 0 saturated carbocycles. The van der Waals surface area contributed by atoms with Crippen LogP contribution in [0.3, 0.4) is 0 Å². The zero-order valence-corrected chi connectivity index (χ0v) is 11.2. The highest BCUT2D eigenvalue weighted by atomic mass is 19.1. The molecular weight excluding hydrogens is 288 g/mol. The monoisotopic (exact) mass is 297 g/mol. The number of hydrogen-bond acceptors (Lipinski definition) is 4. The number of hydrogen-bond donors (Lipinski definition) is 0. The third-order valence-electron chi connectivity index (χ3n) is 3.21. The van der Waals surface area contributed by atoms with Gasteiger partial charge in [0, 0.05) is 23.5 Å². The van der Waals surface area contributed by atoms with Gasteiger partial charge in [0.25, 0.3) is 0 Å². The zero-order chi connectivity index (χ0) is 15.5. The number of furan rings is 1. The van der Waals surface area contributed by atoms with Crippen molar-refractivity contribution in [3.8, 4) is 17.4 Å². The molecule has 3 aromatic rings. The molecule has 4 nitrogen and oxygen atoms in total. The van der Waals surface area contributed by atoms with Crippen LogP contribution < -0.4 is 0 Å². The maximum atomic E-state index is 14.7. The molecule has 0 N–H and O–H groups in total. The summed E-state index contributed by atoms with van der Waals surface area (Å²) in [7, 11) is 0. The SMILES string of the molecule is N#Cc1ccc(C(F)c2cncnc2)c(F)c1-c1ccco1. The Hall–Kier alpha value is -3.07. The van der Waals surface area contributed by atoms with Crippen molar-refractivity contribution in [2.75, 3.05) is 0 Å². The highest BCUT2D eigenvalue weighted by molar-refractivity contribution is 5.68.